The van der Waals surface area contributed by atoms with Crippen LogP contribution in [0, 0.1) is 0 Å². The average molecular weight is 453 g/mol. The van der Waals surface area contributed by atoms with E-state index in [1.807, 2.05) is 66.7 Å². The number of rotatable bonds is 8. The van der Waals surface area contributed by atoms with Gasteiger partial charge in [0.2, 0.25) is 0 Å². The zero-order valence-electron chi connectivity index (χ0n) is 19.9. The molecule has 0 amide bonds. The Morgan fingerprint density at radius 2 is 1.55 bits per heavy atom. The van der Waals surface area contributed by atoms with Crippen molar-refractivity contribution >= 4 is 12.3 Å². The summed E-state index contributed by atoms with van der Waals surface area (Å²) in [6.07, 6.45) is 1.99. The van der Waals surface area contributed by atoms with Crippen LogP contribution in [0.25, 0.3) is 11.1 Å². The third kappa shape index (κ3) is 10.6. The van der Waals surface area contributed by atoms with Gasteiger partial charge in [0.1, 0.15) is 18.1 Å². The van der Waals surface area contributed by atoms with E-state index in [0.717, 1.165) is 23.2 Å². The topological polar surface area (TPSA) is 142 Å². The quantitative estimate of drug-likeness (QED) is 0.383. The van der Waals surface area contributed by atoms with E-state index in [0.29, 0.717) is 31.5 Å². The smallest absolute Gasteiger partial charge is 0.496 e. The molecule has 3 aromatic rings. The molecule has 0 radical (unpaired) electrons. The maximum atomic E-state index is 10.5. The number of aldehydes is 1. The highest BCUT2D eigenvalue weighted by atomic mass is 16.5. The third-order valence-corrected chi connectivity index (χ3v) is 4.60. The van der Waals surface area contributed by atoms with E-state index in [4.69, 9.17) is 27.0 Å². The SMILES string of the molecule is COc1ccccc1CN.NCCC[C@H](N)C(=O)O.O=Cc1ccc(-c2ccccc2)cc1.[H+]. The van der Waals surface area contributed by atoms with Crippen molar-refractivity contribution in [2.24, 2.45) is 17.2 Å². The summed E-state index contributed by atoms with van der Waals surface area (Å²) in [6.45, 7) is 1.03. The molecule has 3 aromatic carbocycles. The second-order valence-electron chi connectivity index (χ2n) is 7.00. The van der Waals surface area contributed by atoms with Crippen molar-refractivity contribution < 1.29 is 20.9 Å². The van der Waals surface area contributed by atoms with E-state index in [2.05, 4.69) is 12.1 Å². The summed E-state index contributed by atoms with van der Waals surface area (Å²) in [4.78, 5) is 20.5. The predicted molar refractivity (Wildman–Crippen MR) is 133 cm³/mol. The number of carbonyl (C=O) groups excluding carboxylic acids is 1. The highest BCUT2D eigenvalue weighted by molar-refractivity contribution is 5.76. The molecule has 0 aliphatic carbocycles. The average Bonchev–Trinajstić information content (AvgIpc) is 2.88. The Labute approximate surface area is 196 Å². The number of hydrogen-bond acceptors (Lipinski definition) is 6. The molecule has 0 heterocycles. The number of carboxylic acids is 1. The van der Waals surface area contributed by atoms with Crippen LogP contribution in [0.1, 0.15) is 30.2 Å². The van der Waals surface area contributed by atoms with Crippen LogP contribution in [0.4, 0.5) is 0 Å². The number of carboxylic acid groups (broad SMARTS) is 1. The van der Waals surface area contributed by atoms with Crippen molar-refractivity contribution in [2.75, 3.05) is 13.7 Å². The van der Waals surface area contributed by atoms with Gasteiger partial charge in [0, 0.05) is 17.7 Å². The van der Waals surface area contributed by atoms with Gasteiger partial charge in [0.25, 0.3) is 0 Å². The van der Waals surface area contributed by atoms with Crippen LogP contribution in [-0.4, -0.2) is 37.1 Å². The van der Waals surface area contributed by atoms with Crippen molar-refractivity contribution in [1.29, 1.82) is 0 Å². The second-order valence-corrected chi connectivity index (χ2v) is 7.00. The minimum absolute atomic E-state index is 0. The number of methoxy groups -OCH3 is 1. The summed E-state index contributed by atoms with van der Waals surface area (Å²) < 4.78 is 5.06. The number of ether oxygens (including phenoxy) is 1. The molecule has 0 unspecified atom stereocenters. The van der Waals surface area contributed by atoms with E-state index in [1.54, 1.807) is 7.11 Å². The lowest BCUT2D eigenvalue weighted by Crippen LogP contribution is -2.30. The molecule has 0 aromatic heterocycles. The Bertz CT molecular complexity index is 931. The lowest BCUT2D eigenvalue weighted by atomic mass is 10.0. The van der Waals surface area contributed by atoms with E-state index < -0.39 is 12.0 Å². The van der Waals surface area contributed by atoms with Gasteiger partial charge >= 0.3 is 7.40 Å². The molecular formula is C26H34N3O4+. The largest absolute Gasteiger partial charge is 1.00 e. The van der Waals surface area contributed by atoms with E-state index in [9.17, 15) is 9.59 Å². The van der Waals surface area contributed by atoms with Gasteiger partial charge in [-0.25, -0.2) is 0 Å². The summed E-state index contributed by atoms with van der Waals surface area (Å²) in [7, 11) is 1.65. The normalized spacial score (nSPS) is 10.5. The van der Waals surface area contributed by atoms with Crippen LogP contribution >= 0.6 is 0 Å². The Balaban J connectivity index is 0.000000491. The summed E-state index contributed by atoms with van der Waals surface area (Å²) in [5.74, 6) is -0.0894. The maximum absolute atomic E-state index is 10.5. The second kappa shape index (κ2) is 16.2. The van der Waals surface area contributed by atoms with Crippen LogP contribution in [-0.2, 0) is 11.3 Å². The fraction of sp³-hybridized carbons (Fsp3) is 0.231. The standard InChI is InChI=1S/C13H10O.C8H11NO.C5H12N2O2/c14-10-11-6-8-13(9-7-11)12-4-2-1-3-5-12;1-10-8-5-3-2-4-7(8)6-9;6-3-1-2-4(7)5(8)9/h1-10H;2-5H,6,9H2,1H3;4H,1-3,6-7H2,(H,8,9)/p+1/t;;4-/m..0/s1. The van der Waals surface area contributed by atoms with Crippen LogP contribution < -0.4 is 21.9 Å². The van der Waals surface area contributed by atoms with Gasteiger partial charge in [-0.05, 0) is 36.6 Å². The molecule has 0 saturated heterocycles. The van der Waals surface area contributed by atoms with Crippen LogP contribution in [0.15, 0.2) is 78.9 Å². The van der Waals surface area contributed by atoms with Crippen LogP contribution in [0.3, 0.4) is 0 Å². The van der Waals surface area contributed by atoms with Gasteiger partial charge in [0.05, 0.1) is 7.11 Å². The highest BCUT2D eigenvalue weighted by Crippen LogP contribution is 2.18. The summed E-state index contributed by atoms with van der Waals surface area (Å²) in [6, 6.07) is 24.7. The first-order valence-electron chi connectivity index (χ1n) is 10.6. The van der Waals surface area contributed by atoms with Gasteiger partial charge in [-0.3, -0.25) is 9.59 Å². The zero-order valence-corrected chi connectivity index (χ0v) is 18.9. The van der Waals surface area contributed by atoms with Crippen molar-refractivity contribution in [3.05, 3.63) is 90.0 Å². The lowest BCUT2D eigenvalue weighted by molar-refractivity contribution is -0.138. The first-order chi connectivity index (χ1) is 16.0. The number of hydrogen-bond donors (Lipinski definition) is 4. The molecule has 176 valence electrons. The Hall–Kier alpha value is -3.52. The van der Waals surface area contributed by atoms with E-state index in [-0.39, 0.29) is 1.43 Å². The fourth-order valence-electron chi connectivity index (χ4n) is 2.72. The van der Waals surface area contributed by atoms with Gasteiger partial charge in [0.15, 0.2) is 0 Å². The molecule has 0 fully saturated rings. The number of para-hydroxylation sites is 1. The maximum Gasteiger partial charge on any atom is 1.00 e. The first kappa shape index (κ1) is 27.5. The number of nitrogens with two attached hydrogens (primary N) is 3. The summed E-state index contributed by atoms with van der Waals surface area (Å²) in [5, 5.41) is 8.24. The number of carbonyl (C=O) groups is 2. The van der Waals surface area contributed by atoms with Crippen molar-refractivity contribution in [3.8, 4) is 16.9 Å². The molecule has 0 aliphatic heterocycles. The first-order valence-corrected chi connectivity index (χ1v) is 10.6. The third-order valence-electron chi connectivity index (χ3n) is 4.60. The minimum Gasteiger partial charge on any atom is -0.496 e. The Morgan fingerprint density at radius 1 is 0.970 bits per heavy atom. The summed E-state index contributed by atoms with van der Waals surface area (Å²) >= 11 is 0. The molecule has 7 N–H and O–H groups in total. The van der Waals surface area contributed by atoms with Crippen molar-refractivity contribution in [3.63, 3.8) is 0 Å². The fourth-order valence-corrected chi connectivity index (χ4v) is 2.72. The van der Waals surface area contributed by atoms with Crippen LogP contribution in [0.2, 0.25) is 0 Å². The molecular weight excluding hydrogens is 418 g/mol. The van der Waals surface area contributed by atoms with Gasteiger partial charge in [-0.1, -0.05) is 72.8 Å². The lowest BCUT2D eigenvalue weighted by Gasteiger charge is -2.03. The molecule has 3 rings (SSSR count). The van der Waals surface area contributed by atoms with Gasteiger partial charge < -0.3 is 27.0 Å². The summed E-state index contributed by atoms with van der Waals surface area (Å²) in [5.41, 5.74) is 19.8. The van der Waals surface area contributed by atoms with Gasteiger partial charge in [-0.15, -0.1) is 0 Å². The number of benzene rings is 3. The molecule has 0 saturated carbocycles. The van der Waals surface area contributed by atoms with Crippen molar-refractivity contribution in [1.82, 2.24) is 0 Å². The van der Waals surface area contributed by atoms with Gasteiger partial charge in [-0.2, -0.15) is 0 Å². The van der Waals surface area contributed by atoms with E-state index in [1.165, 1.54) is 5.56 Å². The van der Waals surface area contributed by atoms with Crippen molar-refractivity contribution in [2.45, 2.75) is 25.4 Å². The number of aliphatic carboxylic acids is 1. The molecule has 7 nitrogen and oxygen atoms in total. The predicted octanol–water partition coefficient (Wildman–Crippen LogP) is 3.57. The highest BCUT2D eigenvalue weighted by Gasteiger charge is 2.08. The molecule has 0 spiro atoms. The monoisotopic (exact) mass is 452 g/mol. The molecule has 0 aliphatic rings. The Kier molecular flexibility index (Phi) is 13.5. The Morgan fingerprint density at radius 3 is 2.03 bits per heavy atom. The molecule has 1 atom stereocenters. The zero-order chi connectivity index (χ0) is 24.5. The molecule has 33 heavy (non-hydrogen) atoms. The minimum atomic E-state index is -0.955. The van der Waals surface area contributed by atoms with Crippen LogP contribution in [0.5, 0.6) is 5.75 Å². The molecule has 7 heteroatoms. The molecule has 0 bridgehead atoms. The van der Waals surface area contributed by atoms with E-state index >= 15 is 0 Å².